The smallest absolute Gasteiger partial charge is 0.302 e. The second kappa shape index (κ2) is 5.66. The lowest BCUT2D eigenvalue weighted by atomic mass is 9.68. The molecule has 23 heavy (non-hydrogen) atoms. The van der Waals surface area contributed by atoms with Crippen molar-refractivity contribution in [3.05, 3.63) is 23.3 Å². The normalized spacial score (nSPS) is 23.9. The molecule has 3 rings (SSSR count). The maximum absolute atomic E-state index is 12.6. The molecular weight excluding hydrogens is 288 g/mol. The lowest BCUT2D eigenvalue weighted by molar-refractivity contribution is -0.122. The van der Waals surface area contributed by atoms with Crippen LogP contribution in [0, 0.1) is 31.1 Å². The Morgan fingerprint density at radius 1 is 1.30 bits per heavy atom. The third kappa shape index (κ3) is 3.41. The van der Waals surface area contributed by atoms with Crippen LogP contribution in [0.4, 0.5) is 6.01 Å². The van der Waals surface area contributed by atoms with E-state index in [1.165, 1.54) is 6.42 Å². The van der Waals surface area contributed by atoms with Crippen molar-refractivity contribution in [2.45, 2.75) is 53.9 Å². The minimum atomic E-state index is 0.0329. The van der Waals surface area contributed by atoms with Crippen molar-refractivity contribution in [2.75, 3.05) is 5.32 Å². The van der Waals surface area contributed by atoms with Gasteiger partial charge < -0.3 is 4.42 Å². The third-order valence-electron chi connectivity index (χ3n) is 4.81. The van der Waals surface area contributed by atoms with Crippen molar-refractivity contribution >= 4 is 23.0 Å². The molecule has 0 radical (unpaired) electrons. The molecule has 1 heterocycles. The SMILES string of the molecule is Cc1cc(C)c2oc(NC(=O)C3CC(C)CC(C)(C)C3)nc2c1. The Hall–Kier alpha value is -1.84. The average Bonchev–Trinajstić information content (AvgIpc) is 2.78. The molecule has 0 aliphatic heterocycles. The number of amides is 1. The highest BCUT2D eigenvalue weighted by molar-refractivity contribution is 5.92. The van der Waals surface area contributed by atoms with E-state index < -0.39 is 0 Å². The highest BCUT2D eigenvalue weighted by Gasteiger charge is 2.35. The van der Waals surface area contributed by atoms with E-state index in [4.69, 9.17) is 4.42 Å². The number of anilines is 1. The Labute approximate surface area is 137 Å². The summed E-state index contributed by atoms with van der Waals surface area (Å²) in [6.07, 6.45) is 3.04. The van der Waals surface area contributed by atoms with Crippen molar-refractivity contribution in [3.63, 3.8) is 0 Å². The lowest BCUT2D eigenvalue weighted by Crippen LogP contribution is -2.34. The largest absolute Gasteiger partial charge is 0.423 e. The van der Waals surface area contributed by atoms with Crippen molar-refractivity contribution in [2.24, 2.45) is 17.3 Å². The summed E-state index contributed by atoms with van der Waals surface area (Å²) in [5.74, 6) is 0.639. The zero-order valence-corrected chi connectivity index (χ0v) is 14.7. The fraction of sp³-hybridized carbons (Fsp3) is 0.579. The van der Waals surface area contributed by atoms with Crippen molar-refractivity contribution < 1.29 is 9.21 Å². The number of aryl methyl sites for hydroxylation is 2. The van der Waals surface area contributed by atoms with E-state index in [1.54, 1.807) is 0 Å². The molecule has 4 heteroatoms. The summed E-state index contributed by atoms with van der Waals surface area (Å²) in [5.41, 5.74) is 3.96. The molecule has 1 N–H and O–H groups in total. The predicted molar refractivity (Wildman–Crippen MR) is 92.4 cm³/mol. The van der Waals surface area contributed by atoms with Gasteiger partial charge >= 0.3 is 6.01 Å². The first-order valence-electron chi connectivity index (χ1n) is 8.42. The molecule has 2 atom stereocenters. The molecule has 2 unspecified atom stereocenters. The van der Waals surface area contributed by atoms with Gasteiger partial charge in [-0.05, 0) is 61.6 Å². The molecule has 1 saturated carbocycles. The Morgan fingerprint density at radius 2 is 2.04 bits per heavy atom. The van der Waals surface area contributed by atoms with Gasteiger partial charge in [-0.25, -0.2) is 0 Å². The quantitative estimate of drug-likeness (QED) is 0.862. The van der Waals surface area contributed by atoms with Crippen LogP contribution in [0.25, 0.3) is 11.1 Å². The standard InChI is InChI=1S/C19H26N2O2/c1-11-6-13(3)16-15(8-11)20-18(23-16)21-17(22)14-7-12(2)9-19(4,5)10-14/h6,8,12,14H,7,9-10H2,1-5H3,(H,20,21,22). The maximum Gasteiger partial charge on any atom is 0.302 e. The fourth-order valence-corrected chi connectivity index (χ4v) is 4.18. The molecular formula is C19H26N2O2. The summed E-state index contributed by atoms with van der Waals surface area (Å²) in [7, 11) is 0. The molecule has 1 aromatic heterocycles. The van der Waals surface area contributed by atoms with Gasteiger partial charge in [0, 0.05) is 5.92 Å². The lowest BCUT2D eigenvalue weighted by Gasteiger charge is -2.38. The van der Waals surface area contributed by atoms with Gasteiger partial charge in [-0.2, -0.15) is 4.98 Å². The highest BCUT2D eigenvalue weighted by atomic mass is 16.4. The molecule has 1 fully saturated rings. The summed E-state index contributed by atoms with van der Waals surface area (Å²) in [4.78, 5) is 17.0. The summed E-state index contributed by atoms with van der Waals surface area (Å²) < 4.78 is 5.75. The van der Waals surface area contributed by atoms with Crippen LogP contribution in [0.1, 0.15) is 51.2 Å². The molecule has 124 valence electrons. The summed E-state index contributed by atoms with van der Waals surface area (Å²) in [6, 6.07) is 4.35. The number of fused-ring (bicyclic) bond motifs is 1. The van der Waals surface area contributed by atoms with Gasteiger partial charge in [-0.3, -0.25) is 10.1 Å². The topological polar surface area (TPSA) is 55.1 Å². The number of carbonyl (C=O) groups is 1. The molecule has 0 saturated heterocycles. The first kappa shape index (κ1) is 16.0. The van der Waals surface area contributed by atoms with E-state index in [2.05, 4.69) is 37.1 Å². The molecule has 0 bridgehead atoms. The van der Waals surface area contributed by atoms with Crippen LogP contribution in [-0.4, -0.2) is 10.9 Å². The van der Waals surface area contributed by atoms with Crippen LogP contribution < -0.4 is 5.32 Å². The van der Waals surface area contributed by atoms with Gasteiger partial charge in [0.15, 0.2) is 5.58 Å². The number of rotatable bonds is 2. The van der Waals surface area contributed by atoms with Gasteiger partial charge in [0.2, 0.25) is 5.91 Å². The number of nitrogens with zero attached hydrogens (tertiary/aromatic N) is 1. The fourth-order valence-electron chi connectivity index (χ4n) is 4.18. The first-order chi connectivity index (χ1) is 10.7. The minimum absolute atomic E-state index is 0.0329. The number of nitrogens with one attached hydrogen (secondary N) is 1. The molecule has 0 spiro atoms. The van der Waals surface area contributed by atoms with Crippen LogP contribution in [-0.2, 0) is 4.79 Å². The van der Waals surface area contributed by atoms with Crippen LogP contribution in [0.3, 0.4) is 0 Å². The third-order valence-corrected chi connectivity index (χ3v) is 4.81. The molecule has 4 nitrogen and oxygen atoms in total. The first-order valence-corrected chi connectivity index (χ1v) is 8.42. The molecule has 2 aromatic rings. The summed E-state index contributed by atoms with van der Waals surface area (Å²) >= 11 is 0. The van der Waals surface area contributed by atoms with Crippen molar-refractivity contribution in [1.82, 2.24) is 4.98 Å². The van der Waals surface area contributed by atoms with Crippen LogP contribution in [0.5, 0.6) is 0 Å². The molecule has 1 amide bonds. The monoisotopic (exact) mass is 314 g/mol. The zero-order chi connectivity index (χ0) is 16.8. The highest BCUT2D eigenvalue weighted by Crippen LogP contribution is 2.42. The van der Waals surface area contributed by atoms with E-state index in [-0.39, 0.29) is 17.2 Å². The Kier molecular flexibility index (Phi) is 3.95. The van der Waals surface area contributed by atoms with E-state index >= 15 is 0 Å². The average molecular weight is 314 g/mol. The minimum Gasteiger partial charge on any atom is -0.423 e. The van der Waals surface area contributed by atoms with Crippen LogP contribution in [0.2, 0.25) is 0 Å². The number of aromatic nitrogens is 1. The molecule has 1 aliphatic rings. The number of hydrogen-bond acceptors (Lipinski definition) is 3. The van der Waals surface area contributed by atoms with Gasteiger partial charge in [-0.15, -0.1) is 0 Å². The predicted octanol–water partition coefficient (Wildman–Crippen LogP) is 4.85. The van der Waals surface area contributed by atoms with E-state index in [9.17, 15) is 4.79 Å². The number of carbonyl (C=O) groups excluding carboxylic acids is 1. The Bertz CT molecular complexity index is 745. The van der Waals surface area contributed by atoms with E-state index in [0.29, 0.717) is 11.9 Å². The zero-order valence-electron chi connectivity index (χ0n) is 14.7. The van der Waals surface area contributed by atoms with E-state index in [1.807, 2.05) is 19.9 Å². The number of benzene rings is 1. The van der Waals surface area contributed by atoms with Crippen molar-refractivity contribution in [3.8, 4) is 0 Å². The number of oxazole rings is 1. The summed E-state index contributed by atoms with van der Waals surface area (Å²) in [5, 5.41) is 2.89. The van der Waals surface area contributed by atoms with Gasteiger partial charge in [0.1, 0.15) is 5.52 Å². The van der Waals surface area contributed by atoms with Crippen LogP contribution in [0.15, 0.2) is 16.5 Å². The molecule has 1 aromatic carbocycles. The van der Waals surface area contributed by atoms with Gasteiger partial charge in [0.05, 0.1) is 0 Å². The van der Waals surface area contributed by atoms with E-state index in [0.717, 1.165) is 35.1 Å². The summed E-state index contributed by atoms with van der Waals surface area (Å²) in [6.45, 7) is 10.7. The Balaban J connectivity index is 1.79. The van der Waals surface area contributed by atoms with Crippen molar-refractivity contribution in [1.29, 1.82) is 0 Å². The second-order valence-corrected chi connectivity index (χ2v) is 8.05. The maximum atomic E-state index is 12.6. The molecule has 1 aliphatic carbocycles. The van der Waals surface area contributed by atoms with Gasteiger partial charge in [-0.1, -0.05) is 26.8 Å². The number of hydrogen-bond donors (Lipinski definition) is 1. The second-order valence-electron chi connectivity index (χ2n) is 8.05. The Morgan fingerprint density at radius 3 is 2.74 bits per heavy atom. The van der Waals surface area contributed by atoms with Crippen LogP contribution >= 0.6 is 0 Å². The van der Waals surface area contributed by atoms with Gasteiger partial charge in [0.25, 0.3) is 0 Å².